The zero-order valence-electron chi connectivity index (χ0n) is 18.2. The standard InChI is InChI=1S/C25H25N3O4S/c1-2-12-28-24(31)20-11-10-18(23(30)26-15-19-9-6-13-32-19)14-21(20)27-25(28)33-16-22(29)17-7-4-3-5-8-17/h2-5,7-8,10-11,14,19H,1,6,9,12-13,15-16H2,(H,26,30)/t19-/m0/s1. The fraction of sp³-hybridized carbons (Fsp3) is 0.280. The lowest BCUT2D eigenvalue weighted by atomic mass is 10.1. The Morgan fingerprint density at radius 1 is 1.21 bits per heavy atom. The van der Waals surface area contributed by atoms with Crippen molar-refractivity contribution in [2.75, 3.05) is 18.9 Å². The van der Waals surface area contributed by atoms with Gasteiger partial charge in [0.05, 0.1) is 22.8 Å². The SMILES string of the molecule is C=CCn1c(SCC(=O)c2ccccc2)nc2cc(C(=O)NC[C@@H]3CCCO3)ccc2c1=O. The summed E-state index contributed by atoms with van der Waals surface area (Å²) in [4.78, 5) is 42.9. The summed E-state index contributed by atoms with van der Waals surface area (Å²) in [6.07, 6.45) is 3.60. The predicted octanol–water partition coefficient (Wildman–Crippen LogP) is 3.47. The third kappa shape index (κ3) is 5.40. The van der Waals surface area contributed by atoms with Crippen molar-refractivity contribution in [3.63, 3.8) is 0 Å². The molecule has 0 spiro atoms. The second kappa shape index (κ2) is 10.6. The molecule has 4 rings (SSSR count). The van der Waals surface area contributed by atoms with Crippen LogP contribution in [0.25, 0.3) is 10.9 Å². The Hall–Kier alpha value is -3.23. The average molecular weight is 464 g/mol. The Bertz CT molecular complexity index is 1230. The summed E-state index contributed by atoms with van der Waals surface area (Å²) < 4.78 is 7.04. The van der Waals surface area contributed by atoms with Crippen LogP contribution in [0.2, 0.25) is 0 Å². The van der Waals surface area contributed by atoms with Crippen LogP contribution in [0.5, 0.6) is 0 Å². The van der Waals surface area contributed by atoms with E-state index < -0.39 is 0 Å². The summed E-state index contributed by atoms with van der Waals surface area (Å²) in [5.41, 5.74) is 1.21. The average Bonchev–Trinajstić information content (AvgIpc) is 3.37. The molecule has 1 aromatic heterocycles. The first kappa shape index (κ1) is 22.9. The number of amides is 1. The number of benzene rings is 2. The quantitative estimate of drug-likeness (QED) is 0.226. The van der Waals surface area contributed by atoms with E-state index in [9.17, 15) is 14.4 Å². The van der Waals surface area contributed by atoms with Crippen molar-refractivity contribution < 1.29 is 14.3 Å². The van der Waals surface area contributed by atoms with Crippen molar-refractivity contribution in [2.45, 2.75) is 30.6 Å². The predicted molar refractivity (Wildman–Crippen MR) is 129 cm³/mol. The van der Waals surface area contributed by atoms with Gasteiger partial charge in [-0.3, -0.25) is 19.0 Å². The zero-order valence-corrected chi connectivity index (χ0v) is 19.0. The molecule has 1 N–H and O–H groups in total. The number of hydrogen-bond acceptors (Lipinski definition) is 6. The van der Waals surface area contributed by atoms with E-state index >= 15 is 0 Å². The number of fused-ring (bicyclic) bond motifs is 1. The molecule has 170 valence electrons. The molecule has 7 nitrogen and oxygen atoms in total. The monoisotopic (exact) mass is 463 g/mol. The molecule has 1 fully saturated rings. The largest absolute Gasteiger partial charge is 0.376 e. The number of carbonyl (C=O) groups is 2. The molecule has 3 aromatic rings. The van der Waals surface area contributed by atoms with E-state index in [4.69, 9.17) is 4.74 Å². The second-order valence-corrected chi connectivity index (χ2v) is 8.70. The maximum absolute atomic E-state index is 13.1. The van der Waals surface area contributed by atoms with Gasteiger partial charge in [-0.05, 0) is 31.0 Å². The molecule has 0 unspecified atom stereocenters. The zero-order chi connectivity index (χ0) is 23.2. The molecule has 2 heterocycles. The molecule has 0 bridgehead atoms. The Balaban J connectivity index is 1.58. The molecule has 2 aromatic carbocycles. The van der Waals surface area contributed by atoms with E-state index in [2.05, 4.69) is 16.9 Å². The highest BCUT2D eigenvalue weighted by atomic mass is 32.2. The number of carbonyl (C=O) groups excluding carboxylic acids is 2. The van der Waals surface area contributed by atoms with Gasteiger partial charge in [-0.1, -0.05) is 48.2 Å². The topological polar surface area (TPSA) is 90.3 Å². The number of nitrogens with zero attached hydrogens (tertiary/aromatic N) is 2. The lowest BCUT2D eigenvalue weighted by Crippen LogP contribution is -2.31. The molecular formula is C25H25N3O4S. The van der Waals surface area contributed by atoms with E-state index in [-0.39, 0.29) is 35.7 Å². The highest BCUT2D eigenvalue weighted by Crippen LogP contribution is 2.20. The van der Waals surface area contributed by atoms with Gasteiger partial charge in [-0.15, -0.1) is 6.58 Å². The molecule has 1 aliphatic rings. The summed E-state index contributed by atoms with van der Waals surface area (Å²) in [7, 11) is 0. The summed E-state index contributed by atoms with van der Waals surface area (Å²) in [6.45, 7) is 5.17. The number of ether oxygens (including phenoxy) is 1. The van der Waals surface area contributed by atoms with E-state index in [1.54, 1.807) is 36.4 Å². The molecular weight excluding hydrogens is 438 g/mol. The number of hydrogen-bond donors (Lipinski definition) is 1. The van der Waals surface area contributed by atoms with Crippen LogP contribution in [0, 0.1) is 0 Å². The van der Waals surface area contributed by atoms with Gasteiger partial charge in [0.25, 0.3) is 11.5 Å². The second-order valence-electron chi connectivity index (χ2n) is 7.75. The maximum atomic E-state index is 13.1. The van der Waals surface area contributed by atoms with Gasteiger partial charge in [0.2, 0.25) is 0 Å². The van der Waals surface area contributed by atoms with E-state index in [1.807, 2.05) is 18.2 Å². The number of ketones is 1. The van der Waals surface area contributed by atoms with Crippen molar-refractivity contribution in [3.8, 4) is 0 Å². The van der Waals surface area contributed by atoms with Gasteiger partial charge in [0, 0.05) is 30.8 Å². The van der Waals surface area contributed by atoms with E-state index in [0.717, 1.165) is 19.4 Å². The number of allylic oxidation sites excluding steroid dienone is 1. The van der Waals surface area contributed by atoms with Crippen LogP contribution < -0.4 is 10.9 Å². The van der Waals surface area contributed by atoms with E-state index in [0.29, 0.717) is 33.7 Å². The van der Waals surface area contributed by atoms with Crippen LogP contribution in [-0.2, 0) is 11.3 Å². The van der Waals surface area contributed by atoms with Crippen molar-refractivity contribution in [3.05, 3.63) is 82.7 Å². The number of thioether (sulfide) groups is 1. The molecule has 0 aliphatic carbocycles. The van der Waals surface area contributed by atoms with Crippen molar-refractivity contribution in [1.82, 2.24) is 14.9 Å². The molecule has 0 saturated carbocycles. The smallest absolute Gasteiger partial charge is 0.262 e. The van der Waals surface area contributed by atoms with Gasteiger partial charge in [-0.2, -0.15) is 0 Å². The van der Waals surface area contributed by atoms with Gasteiger partial charge in [0.15, 0.2) is 10.9 Å². The number of nitrogens with one attached hydrogen (secondary N) is 1. The minimum absolute atomic E-state index is 0.0452. The first-order valence-electron chi connectivity index (χ1n) is 10.8. The highest BCUT2D eigenvalue weighted by Gasteiger charge is 2.18. The molecule has 1 aliphatic heterocycles. The molecule has 33 heavy (non-hydrogen) atoms. The van der Waals surface area contributed by atoms with Crippen LogP contribution in [0.1, 0.15) is 33.6 Å². The summed E-state index contributed by atoms with van der Waals surface area (Å²) in [5.74, 6) is -0.152. The Labute approximate surface area is 195 Å². The molecule has 0 radical (unpaired) electrons. The highest BCUT2D eigenvalue weighted by molar-refractivity contribution is 7.99. The maximum Gasteiger partial charge on any atom is 0.262 e. The first-order chi connectivity index (χ1) is 16.1. The number of aromatic nitrogens is 2. The van der Waals surface area contributed by atoms with Crippen LogP contribution in [-0.4, -0.2) is 46.2 Å². The van der Waals surface area contributed by atoms with Gasteiger partial charge in [-0.25, -0.2) is 4.98 Å². The van der Waals surface area contributed by atoms with Crippen molar-refractivity contribution in [2.24, 2.45) is 0 Å². The lowest BCUT2D eigenvalue weighted by molar-refractivity contribution is 0.0857. The fourth-order valence-corrected chi connectivity index (χ4v) is 4.60. The minimum Gasteiger partial charge on any atom is -0.376 e. The molecule has 8 heteroatoms. The minimum atomic E-state index is -0.238. The Kier molecular flexibility index (Phi) is 7.36. The van der Waals surface area contributed by atoms with Crippen LogP contribution in [0.4, 0.5) is 0 Å². The summed E-state index contributed by atoms with van der Waals surface area (Å²) in [5, 5.41) is 3.71. The fourth-order valence-electron chi connectivity index (χ4n) is 3.69. The summed E-state index contributed by atoms with van der Waals surface area (Å²) >= 11 is 1.20. The number of rotatable bonds is 9. The lowest BCUT2D eigenvalue weighted by Gasteiger charge is -2.13. The van der Waals surface area contributed by atoms with Crippen LogP contribution in [0.15, 0.2) is 71.1 Å². The van der Waals surface area contributed by atoms with Crippen molar-refractivity contribution in [1.29, 1.82) is 0 Å². The van der Waals surface area contributed by atoms with Crippen LogP contribution in [0.3, 0.4) is 0 Å². The van der Waals surface area contributed by atoms with Crippen LogP contribution >= 0.6 is 11.8 Å². The Morgan fingerprint density at radius 3 is 2.76 bits per heavy atom. The third-order valence-electron chi connectivity index (χ3n) is 5.44. The van der Waals surface area contributed by atoms with E-state index in [1.165, 1.54) is 16.3 Å². The molecule has 1 atom stereocenters. The summed E-state index contributed by atoms with van der Waals surface area (Å²) in [6, 6.07) is 13.9. The number of Topliss-reactive ketones (excluding diaryl/α,β-unsaturated/α-hetero) is 1. The molecule has 1 saturated heterocycles. The molecule has 1 amide bonds. The third-order valence-corrected chi connectivity index (χ3v) is 6.41. The van der Waals surface area contributed by atoms with Gasteiger partial charge >= 0.3 is 0 Å². The first-order valence-corrected chi connectivity index (χ1v) is 11.8. The normalized spacial score (nSPS) is 15.5. The van der Waals surface area contributed by atoms with Crippen molar-refractivity contribution >= 4 is 34.4 Å². The van der Waals surface area contributed by atoms with Gasteiger partial charge < -0.3 is 10.1 Å². The Morgan fingerprint density at radius 2 is 2.03 bits per heavy atom. The van der Waals surface area contributed by atoms with Gasteiger partial charge in [0.1, 0.15) is 0 Å².